The molecule has 0 spiro atoms. The number of carbonyl (C=O) groups excluding carboxylic acids is 2. The van der Waals surface area contributed by atoms with Crippen LogP contribution < -0.4 is 10.6 Å². The van der Waals surface area contributed by atoms with Crippen LogP contribution >= 0.6 is 0 Å². The molecule has 3 N–H and O–H groups in total. The van der Waals surface area contributed by atoms with E-state index in [2.05, 4.69) is 22.8 Å². The number of alkyl carbamates (subject to hydrolysis) is 1. The van der Waals surface area contributed by atoms with E-state index in [0.717, 1.165) is 27.8 Å². The minimum Gasteiger partial charge on any atom is -0.481 e. The van der Waals surface area contributed by atoms with Crippen molar-refractivity contribution in [1.82, 2.24) is 10.6 Å². The summed E-state index contributed by atoms with van der Waals surface area (Å²) in [5.41, 5.74) is 5.34. The van der Waals surface area contributed by atoms with Gasteiger partial charge in [-0.1, -0.05) is 78.9 Å². The van der Waals surface area contributed by atoms with Gasteiger partial charge < -0.3 is 30.0 Å². The molecule has 42 heavy (non-hydrogen) atoms. The molecule has 0 radical (unpaired) electrons. The first-order valence-electron chi connectivity index (χ1n) is 14.3. The number of carboxylic acids is 1. The molecule has 1 aliphatic carbocycles. The van der Waals surface area contributed by atoms with Gasteiger partial charge in [-0.25, -0.2) is 4.79 Å². The molecule has 2 unspecified atom stereocenters. The summed E-state index contributed by atoms with van der Waals surface area (Å²) in [6.07, 6.45) is -1.10. The Bertz CT molecular complexity index is 1350. The number of fused-ring (bicyclic) bond motifs is 3. The number of hydrogen-bond donors (Lipinski definition) is 3. The summed E-state index contributed by atoms with van der Waals surface area (Å²) in [5, 5.41) is 15.0. The SMILES string of the molecule is C[C@H](OCc1ccccc1)[C@@H](NC(=O)OCC1c2ccccc2-c2ccccc21)C(=O)NC1CCOCC1CC(=O)O. The van der Waals surface area contributed by atoms with E-state index in [1.54, 1.807) is 6.92 Å². The zero-order valence-electron chi connectivity index (χ0n) is 23.5. The normalized spacial score (nSPS) is 19.2. The average molecular weight is 573 g/mol. The maximum Gasteiger partial charge on any atom is 0.407 e. The van der Waals surface area contributed by atoms with E-state index >= 15 is 0 Å². The largest absolute Gasteiger partial charge is 0.481 e. The molecule has 1 fully saturated rings. The Hall–Kier alpha value is -4.21. The first kappa shape index (κ1) is 29.3. The molecule has 0 saturated carbocycles. The summed E-state index contributed by atoms with van der Waals surface area (Å²) < 4.78 is 17.2. The molecule has 1 saturated heterocycles. The highest BCUT2D eigenvalue weighted by Crippen LogP contribution is 2.44. The second-order valence-corrected chi connectivity index (χ2v) is 10.8. The number of hydrogen-bond acceptors (Lipinski definition) is 6. The van der Waals surface area contributed by atoms with Crippen molar-refractivity contribution >= 4 is 18.0 Å². The van der Waals surface area contributed by atoms with Crippen molar-refractivity contribution < 1.29 is 33.7 Å². The van der Waals surface area contributed by atoms with Crippen molar-refractivity contribution in [3.05, 3.63) is 95.6 Å². The molecule has 9 nitrogen and oxygen atoms in total. The minimum absolute atomic E-state index is 0.105. The molecule has 3 aromatic carbocycles. The molecule has 1 aliphatic heterocycles. The van der Waals surface area contributed by atoms with Crippen LogP contribution in [0.1, 0.15) is 42.4 Å². The zero-order valence-corrected chi connectivity index (χ0v) is 23.5. The number of amides is 2. The van der Waals surface area contributed by atoms with E-state index < -0.39 is 36.2 Å². The first-order chi connectivity index (χ1) is 20.4. The van der Waals surface area contributed by atoms with E-state index in [9.17, 15) is 19.5 Å². The lowest BCUT2D eigenvalue weighted by Crippen LogP contribution is -2.57. The topological polar surface area (TPSA) is 123 Å². The van der Waals surface area contributed by atoms with Gasteiger partial charge in [-0.2, -0.15) is 0 Å². The number of carboxylic acid groups (broad SMARTS) is 1. The lowest BCUT2D eigenvalue weighted by molar-refractivity contribution is -0.140. The van der Waals surface area contributed by atoms with Gasteiger partial charge in [0.1, 0.15) is 12.6 Å². The van der Waals surface area contributed by atoms with E-state index in [0.29, 0.717) is 13.0 Å². The molecule has 0 bridgehead atoms. The van der Waals surface area contributed by atoms with Crippen molar-refractivity contribution in [2.24, 2.45) is 5.92 Å². The fraction of sp³-hybridized carbons (Fsp3) is 0.364. The number of carbonyl (C=O) groups is 3. The van der Waals surface area contributed by atoms with Gasteiger partial charge in [0.05, 0.1) is 25.7 Å². The van der Waals surface area contributed by atoms with Crippen molar-refractivity contribution in [2.45, 2.75) is 50.5 Å². The Morgan fingerprint density at radius 1 is 0.952 bits per heavy atom. The third kappa shape index (κ3) is 6.98. The Morgan fingerprint density at radius 3 is 2.26 bits per heavy atom. The number of ether oxygens (including phenoxy) is 3. The summed E-state index contributed by atoms with van der Waals surface area (Å²) in [6, 6.07) is 24.2. The van der Waals surface area contributed by atoms with Crippen LogP contribution in [0.4, 0.5) is 4.79 Å². The second kappa shape index (κ2) is 13.6. The molecule has 4 atom stereocenters. The van der Waals surface area contributed by atoms with Crippen LogP contribution in [0.25, 0.3) is 11.1 Å². The summed E-state index contributed by atoms with van der Waals surface area (Å²) in [5.74, 6) is -1.93. The third-order valence-electron chi connectivity index (χ3n) is 7.96. The average Bonchev–Trinajstić information content (AvgIpc) is 3.32. The van der Waals surface area contributed by atoms with Crippen molar-refractivity contribution in [3.8, 4) is 11.1 Å². The molecule has 9 heteroatoms. The highest BCUT2D eigenvalue weighted by molar-refractivity contribution is 5.86. The fourth-order valence-corrected chi connectivity index (χ4v) is 5.75. The summed E-state index contributed by atoms with van der Waals surface area (Å²) >= 11 is 0. The third-order valence-corrected chi connectivity index (χ3v) is 7.96. The van der Waals surface area contributed by atoms with E-state index in [-0.39, 0.29) is 38.1 Å². The van der Waals surface area contributed by atoms with Crippen LogP contribution in [0.2, 0.25) is 0 Å². The Balaban J connectivity index is 1.27. The van der Waals surface area contributed by atoms with Crippen LogP contribution in [-0.2, 0) is 30.4 Å². The van der Waals surface area contributed by atoms with Gasteiger partial charge in [-0.05, 0) is 41.2 Å². The molecular weight excluding hydrogens is 536 g/mol. The van der Waals surface area contributed by atoms with Gasteiger partial charge in [0.2, 0.25) is 5.91 Å². The smallest absolute Gasteiger partial charge is 0.407 e. The van der Waals surface area contributed by atoms with Crippen molar-refractivity contribution in [2.75, 3.05) is 19.8 Å². The Kier molecular flexibility index (Phi) is 9.51. The predicted octanol–water partition coefficient (Wildman–Crippen LogP) is 4.50. The van der Waals surface area contributed by atoms with Crippen LogP contribution in [0.15, 0.2) is 78.9 Å². The molecule has 3 aromatic rings. The molecule has 2 aliphatic rings. The maximum absolute atomic E-state index is 13.6. The zero-order chi connectivity index (χ0) is 29.5. The number of nitrogens with one attached hydrogen (secondary N) is 2. The molecule has 220 valence electrons. The van der Waals surface area contributed by atoms with E-state index in [4.69, 9.17) is 14.2 Å². The summed E-state index contributed by atoms with van der Waals surface area (Å²) in [7, 11) is 0. The second-order valence-electron chi connectivity index (χ2n) is 10.8. The molecule has 5 rings (SSSR count). The van der Waals surface area contributed by atoms with Gasteiger partial charge in [-0.3, -0.25) is 9.59 Å². The number of benzene rings is 3. The lowest BCUT2D eigenvalue weighted by Gasteiger charge is -2.33. The van der Waals surface area contributed by atoms with Crippen LogP contribution in [0.3, 0.4) is 0 Å². The number of rotatable bonds is 11. The molecular formula is C33H36N2O7. The Labute approximate surface area is 245 Å². The summed E-state index contributed by atoms with van der Waals surface area (Å²) in [4.78, 5) is 38.1. The highest BCUT2D eigenvalue weighted by atomic mass is 16.5. The molecule has 1 heterocycles. The predicted molar refractivity (Wildman–Crippen MR) is 156 cm³/mol. The van der Waals surface area contributed by atoms with Crippen molar-refractivity contribution in [1.29, 1.82) is 0 Å². The number of aliphatic carboxylic acids is 1. The van der Waals surface area contributed by atoms with Gasteiger partial charge in [0.25, 0.3) is 0 Å². The standard InChI is InChI=1S/C33H36N2O7/c1-21(41-18-22-9-3-2-4-10-22)31(32(38)34-29-15-16-40-19-23(29)17-30(36)37)35-33(39)42-20-28-26-13-7-5-11-24(26)25-12-6-8-14-27(25)28/h2-14,21,23,28-29,31H,15-20H2,1H3,(H,34,38)(H,35,39)(H,36,37)/t21-,23?,29?,31+/m0/s1. The highest BCUT2D eigenvalue weighted by Gasteiger charge is 2.35. The quantitative estimate of drug-likeness (QED) is 0.309. The maximum atomic E-state index is 13.6. The van der Waals surface area contributed by atoms with Gasteiger partial charge >= 0.3 is 12.1 Å². The van der Waals surface area contributed by atoms with Crippen molar-refractivity contribution in [3.63, 3.8) is 0 Å². The monoisotopic (exact) mass is 572 g/mol. The first-order valence-corrected chi connectivity index (χ1v) is 14.3. The fourth-order valence-electron chi connectivity index (χ4n) is 5.75. The lowest BCUT2D eigenvalue weighted by atomic mass is 9.92. The molecule has 2 amide bonds. The van der Waals surface area contributed by atoms with E-state index in [1.165, 1.54) is 0 Å². The van der Waals surface area contributed by atoms with Crippen LogP contribution in [0, 0.1) is 5.92 Å². The summed E-state index contributed by atoms with van der Waals surface area (Å²) in [6.45, 7) is 2.72. The molecule has 0 aromatic heterocycles. The van der Waals surface area contributed by atoms with Crippen LogP contribution in [-0.4, -0.2) is 61.1 Å². The van der Waals surface area contributed by atoms with E-state index in [1.807, 2.05) is 66.7 Å². The van der Waals surface area contributed by atoms with Gasteiger partial charge in [0, 0.05) is 24.5 Å². The van der Waals surface area contributed by atoms with Gasteiger partial charge in [-0.15, -0.1) is 0 Å². The minimum atomic E-state index is -1.07. The Morgan fingerprint density at radius 2 is 1.60 bits per heavy atom. The van der Waals surface area contributed by atoms with Crippen LogP contribution in [0.5, 0.6) is 0 Å². The van der Waals surface area contributed by atoms with Gasteiger partial charge in [0.15, 0.2) is 0 Å².